The van der Waals surface area contributed by atoms with Gasteiger partial charge in [0.1, 0.15) is 11.5 Å². The topological polar surface area (TPSA) is 75.9 Å². The number of aromatic nitrogens is 1. The summed E-state index contributed by atoms with van der Waals surface area (Å²) in [7, 11) is 0. The van der Waals surface area contributed by atoms with Gasteiger partial charge in [-0.05, 0) is 37.5 Å². The van der Waals surface area contributed by atoms with Crippen LogP contribution in [0.3, 0.4) is 0 Å². The van der Waals surface area contributed by atoms with E-state index in [9.17, 15) is 9.59 Å². The monoisotopic (exact) mass is 395 g/mol. The predicted octanol–water partition coefficient (Wildman–Crippen LogP) is 2.89. The summed E-state index contributed by atoms with van der Waals surface area (Å²) in [6.07, 6.45) is 4.00. The first-order chi connectivity index (χ1) is 14.2. The number of amides is 2. The van der Waals surface area contributed by atoms with E-state index in [0.717, 1.165) is 62.1 Å². The lowest BCUT2D eigenvalue weighted by Gasteiger charge is -2.26. The van der Waals surface area contributed by atoms with Gasteiger partial charge in [0.15, 0.2) is 5.89 Å². The number of carbonyl (C=O) groups excluding carboxylic acids is 2. The van der Waals surface area contributed by atoms with Gasteiger partial charge in [-0.2, -0.15) is 0 Å². The van der Waals surface area contributed by atoms with E-state index in [0.29, 0.717) is 37.4 Å². The highest BCUT2D eigenvalue weighted by Gasteiger charge is 2.29. The molecule has 3 aliphatic heterocycles. The molecule has 152 valence electrons. The third-order valence-electron chi connectivity index (χ3n) is 6.08. The Morgan fingerprint density at radius 3 is 2.79 bits per heavy atom. The SMILES string of the molecule is O=C(c1cccc(N2CCCC2=O)c1)N1CCc2oc(C3CCOCC3)nc2C1. The number of fused-ring (bicyclic) bond motifs is 1. The van der Waals surface area contributed by atoms with Crippen LogP contribution in [-0.2, 0) is 22.5 Å². The van der Waals surface area contributed by atoms with E-state index in [-0.39, 0.29) is 11.8 Å². The summed E-state index contributed by atoms with van der Waals surface area (Å²) in [6.45, 7) is 3.29. The van der Waals surface area contributed by atoms with E-state index >= 15 is 0 Å². The Morgan fingerprint density at radius 1 is 1.14 bits per heavy atom. The molecule has 7 nitrogen and oxygen atoms in total. The van der Waals surface area contributed by atoms with Crippen LogP contribution in [0.2, 0.25) is 0 Å². The number of hydrogen-bond donors (Lipinski definition) is 0. The lowest BCUT2D eigenvalue weighted by molar-refractivity contribution is -0.117. The summed E-state index contributed by atoms with van der Waals surface area (Å²) in [5, 5.41) is 0. The number of rotatable bonds is 3. The van der Waals surface area contributed by atoms with Gasteiger partial charge >= 0.3 is 0 Å². The summed E-state index contributed by atoms with van der Waals surface area (Å²) in [5.41, 5.74) is 2.29. The second kappa shape index (κ2) is 7.63. The number of nitrogens with zero attached hydrogens (tertiary/aromatic N) is 3. The molecule has 2 amide bonds. The minimum absolute atomic E-state index is 0.0280. The molecule has 0 N–H and O–H groups in total. The quantitative estimate of drug-likeness (QED) is 0.799. The lowest BCUT2D eigenvalue weighted by atomic mass is 10.0. The van der Waals surface area contributed by atoms with Crippen molar-refractivity contribution in [1.29, 1.82) is 0 Å². The first kappa shape index (κ1) is 18.4. The minimum Gasteiger partial charge on any atom is -0.445 e. The second-order valence-corrected chi connectivity index (χ2v) is 7.98. The fraction of sp³-hybridized carbons (Fsp3) is 0.500. The molecule has 29 heavy (non-hydrogen) atoms. The van der Waals surface area contributed by atoms with Crippen molar-refractivity contribution in [1.82, 2.24) is 9.88 Å². The Kier molecular flexibility index (Phi) is 4.83. The minimum atomic E-state index is -0.0280. The fourth-order valence-corrected chi connectivity index (χ4v) is 4.42. The van der Waals surface area contributed by atoms with Crippen LogP contribution in [0.15, 0.2) is 28.7 Å². The standard InChI is InChI=1S/C22H25N3O4/c26-20-5-2-9-25(20)17-4-1-3-16(13-17)22(27)24-10-6-19-18(14-24)23-21(29-19)15-7-11-28-12-8-15/h1,3-4,13,15H,2,5-12,14H2. The summed E-state index contributed by atoms with van der Waals surface area (Å²) >= 11 is 0. The molecule has 2 saturated heterocycles. The maximum Gasteiger partial charge on any atom is 0.254 e. The summed E-state index contributed by atoms with van der Waals surface area (Å²) in [6, 6.07) is 7.39. The van der Waals surface area contributed by atoms with Gasteiger partial charge in [0.25, 0.3) is 5.91 Å². The molecule has 5 rings (SSSR count). The Balaban J connectivity index is 1.32. The van der Waals surface area contributed by atoms with Gasteiger partial charge in [-0.3, -0.25) is 9.59 Å². The molecule has 1 aromatic carbocycles. The van der Waals surface area contributed by atoms with Crippen LogP contribution in [0.5, 0.6) is 0 Å². The van der Waals surface area contributed by atoms with Gasteiger partial charge in [0.2, 0.25) is 5.91 Å². The molecule has 0 saturated carbocycles. The van der Waals surface area contributed by atoms with E-state index < -0.39 is 0 Å². The average molecular weight is 395 g/mol. The molecule has 2 aromatic rings. The first-order valence-electron chi connectivity index (χ1n) is 10.4. The van der Waals surface area contributed by atoms with Gasteiger partial charge in [0, 0.05) is 56.3 Å². The maximum absolute atomic E-state index is 13.1. The third-order valence-corrected chi connectivity index (χ3v) is 6.08. The molecule has 0 aliphatic carbocycles. The molecule has 0 atom stereocenters. The fourth-order valence-electron chi connectivity index (χ4n) is 4.42. The highest BCUT2D eigenvalue weighted by molar-refractivity contribution is 5.99. The molecular weight excluding hydrogens is 370 g/mol. The second-order valence-electron chi connectivity index (χ2n) is 7.98. The van der Waals surface area contributed by atoms with E-state index in [1.807, 2.05) is 29.2 Å². The number of oxazole rings is 1. The van der Waals surface area contributed by atoms with E-state index in [2.05, 4.69) is 0 Å². The molecule has 3 aliphatic rings. The molecule has 0 spiro atoms. The highest BCUT2D eigenvalue weighted by Crippen LogP contribution is 2.30. The Hall–Kier alpha value is -2.67. The number of hydrogen-bond acceptors (Lipinski definition) is 5. The molecule has 1 aromatic heterocycles. The zero-order valence-electron chi connectivity index (χ0n) is 16.4. The van der Waals surface area contributed by atoms with Crippen molar-refractivity contribution < 1.29 is 18.7 Å². The predicted molar refractivity (Wildman–Crippen MR) is 106 cm³/mol. The van der Waals surface area contributed by atoms with Crippen molar-refractivity contribution in [3.05, 3.63) is 47.2 Å². The van der Waals surface area contributed by atoms with Gasteiger partial charge in [-0.15, -0.1) is 0 Å². The summed E-state index contributed by atoms with van der Waals surface area (Å²) < 4.78 is 11.5. The van der Waals surface area contributed by atoms with Gasteiger partial charge in [0.05, 0.1) is 6.54 Å². The van der Waals surface area contributed by atoms with Crippen LogP contribution in [0.1, 0.15) is 59.3 Å². The number of benzene rings is 1. The molecule has 0 radical (unpaired) electrons. The van der Waals surface area contributed by atoms with Crippen molar-refractivity contribution in [3.63, 3.8) is 0 Å². The molecule has 7 heteroatoms. The van der Waals surface area contributed by atoms with Gasteiger partial charge < -0.3 is 19.0 Å². The zero-order chi connectivity index (χ0) is 19.8. The number of carbonyl (C=O) groups is 2. The van der Waals surface area contributed by atoms with Crippen LogP contribution in [0.4, 0.5) is 5.69 Å². The van der Waals surface area contributed by atoms with Crippen LogP contribution < -0.4 is 4.90 Å². The van der Waals surface area contributed by atoms with Crippen LogP contribution in [-0.4, -0.2) is 48.0 Å². The molecule has 0 bridgehead atoms. The zero-order valence-corrected chi connectivity index (χ0v) is 16.4. The van der Waals surface area contributed by atoms with Crippen molar-refractivity contribution in [2.75, 3.05) is 31.2 Å². The molecule has 0 unspecified atom stereocenters. The van der Waals surface area contributed by atoms with Gasteiger partial charge in [-0.1, -0.05) is 6.07 Å². The van der Waals surface area contributed by atoms with Crippen LogP contribution >= 0.6 is 0 Å². The summed E-state index contributed by atoms with van der Waals surface area (Å²) in [5.74, 6) is 2.11. The van der Waals surface area contributed by atoms with E-state index in [1.165, 1.54) is 0 Å². The normalized spacial score (nSPS) is 20.2. The Morgan fingerprint density at radius 2 is 2.00 bits per heavy atom. The van der Waals surface area contributed by atoms with Crippen molar-refractivity contribution in [3.8, 4) is 0 Å². The Labute approximate surface area is 169 Å². The number of anilines is 1. The Bertz CT molecular complexity index is 932. The van der Waals surface area contributed by atoms with Crippen molar-refractivity contribution >= 4 is 17.5 Å². The first-order valence-corrected chi connectivity index (χ1v) is 10.4. The van der Waals surface area contributed by atoms with Crippen LogP contribution in [0, 0.1) is 0 Å². The average Bonchev–Trinajstić information content (AvgIpc) is 3.39. The number of ether oxygens (including phenoxy) is 1. The third kappa shape index (κ3) is 3.55. The largest absolute Gasteiger partial charge is 0.445 e. The highest BCUT2D eigenvalue weighted by atomic mass is 16.5. The van der Waals surface area contributed by atoms with E-state index in [1.54, 1.807) is 4.90 Å². The lowest BCUT2D eigenvalue weighted by Crippen LogP contribution is -2.36. The summed E-state index contributed by atoms with van der Waals surface area (Å²) in [4.78, 5) is 33.5. The van der Waals surface area contributed by atoms with Crippen LogP contribution in [0.25, 0.3) is 0 Å². The van der Waals surface area contributed by atoms with E-state index in [4.69, 9.17) is 14.1 Å². The van der Waals surface area contributed by atoms with Gasteiger partial charge in [-0.25, -0.2) is 4.98 Å². The molecular formula is C22H25N3O4. The van der Waals surface area contributed by atoms with Crippen molar-refractivity contribution in [2.45, 2.75) is 44.6 Å². The van der Waals surface area contributed by atoms with Crippen molar-refractivity contribution in [2.24, 2.45) is 0 Å². The smallest absolute Gasteiger partial charge is 0.254 e. The molecule has 4 heterocycles. The maximum atomic E-state index is 13.1. The molecule has 2 fully saturated rings.